The largest absolute Gasteiger partial charge is 0.459 e. The molecule has 0 aliphatic rings. The Kier molecular flexibility index (Phi) is 3.48. The van der Waals surface area contributed by atoms with Gasteiger partial charge in [0, 0.05) is 23.3 Å². The molecule has 4 nitrogen and oxygen atoms in total. The van der Waals surface area contributed by atoms with Gasteiger partial charge in [-0.1, -0.05) is 25.1 Å². The number of benzene rings is 1. The van der Waals surface area contributed by atoms with E-state index in [1.165, 1.54) is 6.33 Å². The summed E-state index contributed by atoms with van der Waals surface area (Å²) in [6.45, 7) is 4.98. The van der Waals surface area contributed by atoms with Gasteiger partial charge in [0.1, 0.15) is 17.7 Å². The monoisotopic (exact) mass is 267 g/mol. The molecule has 1 atom stereocenters. The molecule has 0 spiro atoms. The molecule has 1 unspecified atom stereocenters. The summed E-state index contributed by atoms with van der Waals surface area (Å²) < 4.78 is 6.05. The molecule has 20 heavy (non-hydrogen) atoms. The van der Waals surface area contributed by atoms with Crippen molar-refractivity contribution in [3.63, 3.8) is 0 Å². The van der Waals surface area contributed by atoms with Gasteiger partial charge in [0.2, 0.25) is 0 Å². The molecule has 1 aromatic carbocycles. The van der Waals surface area contributed by atoms with Crippen LogP contribution < -0.4 is 5.32 Å². The van der Waals surface area contributed by atoms with Crippen molar-refractivity contribution in [1.82, 2.24) is 15.3 Å². The van der Waals surface area contributed by atoms with Crippen molar-refractivity contribution >= 4 is 11.0 Å². The minimum absolute atomic E-state index is 0.0204. The van der Waals surface area contributed by atoms with Gasteiger partial charge in [0.15, 0.2) is 0 Å². The third kappa shape index (κ3) is 2.30. The number of nitrogens with zero attached hydrogens (tertiary/aromatic N) is 2. The Bertz CT molecular complexity index is 706. The van der Waals surface area contributed by atoms with E-state index in [4.69, 9.17) is 4.42 Å². The van der Waals surface area contributed by atoms with Crippen molar-refractivity contribution in [2.24, 2.45) is 0 Å². The first-order valence-electron chi connectivity index (χ1n) is 6.77. The Hall–Kier alpha value is -2.20. The molecule has 4 heteroatoms. The topological polar surface area (TPSA) is 51.0 Å². The zero-order valence-electron chi connectivity index (χ0n) is 11.6. The van der Waals surface area contributed by atoms with Gasteiger partial charge in [-0.3, -0.25) is 0 Å². The summed E-state index contributed by atoms with van der Waals surface area (Å²) in [6, 6.07) is 8.24. The minimum atomic E-state index is -0.0204. The summed E-state index contributed by atoms with van der Waals surface area (Å²) in [5, 5.41) is 4.55. The molecule has 2 heterocycles. The van der Waals surface area contributed by atoms with Crippen LogP contribution in [0.1, 0.15) is 29.9 Å². The zero-order valence-corrected chi connectivity index (χ0v) is 11.6. The summed E-state index contributed by atoms with van der Waals surface area (Å²) in [6.07, 6.45) is 5.18. The van der Waals surface area contributed by atoms with Crippen LogP contribution in [0.15, 0.2) is 47.4 Å². The van der Waals surface area contributed by atoms with Crippen LogP contribution in [0.5, 0.6) is 0 Å². The lowest BCUT2D eigenvalue weighted by Gasteiger charge is -2.14. The predicted molar refractivity (Wildman–Crippen MR) is 78.5 cm³/mol. The molecule has 0 radical (unpaired) electrons. The molecule has 0 amide bonds. The average molecular weight is 267 g/mol. The van der Waals surface area contributed by atoms with Crippen molar-refractivity contribution in [3.05, 3.63) is 59.9 Å². The maximum atomic E-state index is 6.05. The van der Waals surface area contributed by atoms with Gasteiger partial charge in [-0.25, -0.2) is 9.97 Å². The lowest BCUT2D eigenvalue weighted by molar-refractivity contribution is 0.474. The van der Waals surface area contributed by atoms with E-state index in [1.807, 2.05) is 18.5 Å². The Morgan fingerprint density at radius 2 is 2.05 bits per heavy atom. The maximum Gasteiger partial charge on any atom is 0.137 e. The lowest BCUT2D eigenvalue weighted by Crippen LogP contribution is -2.21. The van der Waals surface area contributed by atoms with Gasteiger partial charge in [0.05, 0.1) is 6.04 Å². The average Bonchev–Trinajstić information content (AvgIpc) is 2.91. The van der Waals surface area contributed by atoms with Crippen LogP contribution in [0, 0.1) is 6.92 Å². The number of hydrogen-bond donors (Lipinski definition) is 1. The molecule has 0 aliphatic carbocycles. The number of hydrogen-bond acceptors (Lipinski definition) is 4. The van der Waals surface area contributed by atoms with Gasteiger partial charge in [-0.2, -0.15) is 0 Å². The van der Waals surface area contributed by atoms with Crippen LogP contribution in [0.4, 0.5) is 0 Å². The molecule has 2 aromatic heterocycles. The molecule has 0 saturated carbocycles. The van der Waals surface area contributed by atoms with Crippen LogP contribution in [0.3, 0.4) is 0 Å². The number of furan rings is 1. The summed E-state index contributed by atoms with van der Waals surface area (Å²) in [7, 11) is 0. The highest BCUT2D eigenvalue weighted by Gasteiger charge is 2.18. The number of nitrogens with one attached hydrogen (secondary N) is 1. The van der Waals surface area contributed by atoms with E-state index in [1.54, 1.807) is 0 Å². The van der Waals surface area contributed by atoms with Crippen LogP contribution in [-0.4, -0.2) is 16.5 Å². The lowest BCUT2D eigenvalue weighted by atomic mass is 10.1. The quantitative estimate of drug-likeness (QED) is 0.788. The smallest absolute Gasteiger partial charge is 0.137 e. The van der Waals surface area contributed by atoms with Gasteiger partial charge in [-0.15, -0.1) is 0 Å². The third-order valence-electron chi connectivity index (χ3n) is 3.37. The van der Waals surface area contributed by atoms with E-state index in [2.05, 4.69) is 47.3 Å². The van der Waals surface area contributed by atoms with E-state index in [0.717, 1.165) is 34.4 Å². The molecule has 0 fully saturated rings. The highest BCUT2D eigenvalue weighted by molar-refractivity contribution is 5.81. The molecular weight excluding hydrogens is 250 g/mol. The number of para-hydroxylation sites is 1. The Labute approximate surface area is 117 Å². The first kappa shape index (κ1) is 12.8. The molecule has 3 aromatic rings. The number of aryl methyl sites for hydroxylation is 1. The highest BCUT2D eigenvalue weighted by atomic mass is 16.3. The summed E-state index contributed by atoms with van der Waals surface area (Å²) in [4.78, 5) is 8.18. The zero-order chi connectivity index (χ0) is 13.9. The van der Waals surface area contributed by atoms with Crippen molar-refractivity contribution in [2.45, 2.75) is 19.9 Å². The molecule has 0 saturated heterocycles. The maximum absolute atomic E-state index is 6.05. The van der Waals surface area contributed by atoms with Crippen molar-refractivity contribution in [1.29, 1.82) is 0 Å². The fourth-order valence-corrected chi connectivity index (χ4v) is 2.42. The summed E-state index contributed by atoms with van der Waals surface area (Å²) in [5.74, 6) is 0.894. The number of fused-ring (bicyclic) bond motifs is 1. The Balaban J connectivity index is 2.08. The van der Waals surface area contributed by atoms with Gasteiger partial charge in [0.25, 0.3) is 0 Å². The Morgan fingerprint density at radius 3 is 2.75 bits per heavy atom. The molecule has 3 rings (SSSR count). The molecular formula is C16H17N3O. The van der Waals surface area contributed by atoms with Gasteiger partial charge >= 0.3 is 0 Å². The van der Waals surface area contributed by atoms with E-state index < -0.39 is 0 Å². The minimum Gasteiger partial charge on any atom is -0.459 e. The van der Waals surface area contributed by atoms with E-state index >= 15 is 0 Å². The van der Waals surface area contributed by atoms with E-state index in [9.17, 15) is 0 Å². The third-order valence-corrected chi connectivity index (χ3v) is 3.37. The van der Waals surface area contributed by atoms with Gasteiger partial charge < -0.3 is 9.73 Å². The van der Waals surface area contributed by atoms with E-state index in [-0.39, 0.29) is 6.04 Å². The van der Waals surface area contributed by atoms with Crippen molar-refractivity contribution in [3.8, 4) is 0 Å². The fourth-order valence-electron chi connectivity index (χ4n) is 2.42. The number of aromatic nitrogens is 2. The van der Waals surface area contributed by atoms with Gasteiger partial charge in [-0.05, 0) is 25.1 Å². The number of rotatable bonds is 4. The Morgan fingerprint density at radius 1 is 1.25 bits per heavy atom. The fraction of sp³-hybridized carbons (Fsp3) is 0.250. The second-order valence-electron chi connectivity index (χ2n) is 4.80. The SMILES string of the molecule is CCNC(c1cncnc1)c1cc2cccc(C)c2o1. The summed E-state index contributed by atoms with van der Waals surface area (Å²) >= 11 is 0. The standard InChI is InChI=1S/C16H17N3O/c1-3-19-15(13-8-17-10-18-9-13)14-7-12-6-4-5-11(2)16(12)20-14/h4-10,15,19H,3H2,1-2H3. The normalized spacial score (nSPS) is 12.7. The second kappa shape index (κ2) is 5.43. The van der Waals surface area contributed by atoms with Crippen LogP contribution in [0.2, 0.25) is 0 Å². The predicted octanol–water partition coefficient (Wildman–Crippen LogP) is 3.23. The second-order valence-corrected chi connectivity index (χ2v) is 4.80. The molecule has 0 aliphatic heterocycles. The highest BCUT2D eigenvalue weighted by Crippen LogP contribution is 2.29. The van der Waals surface area contributed by atoms with Crippen molar-refractivity contribution in [2.75, 3.05) is 6.54 Å². The molecule has 0 bridgehead atoms. The molecule has 102 valence electrons. The van der Waals surface area contributed by atoms with Crippen molar-refractivity contribution < 1.29 is 4.42 Å². The van der Waals surface area contributed by atoms with Crippen LogP contribution in [-0.2, 0) is 0 Å². The first-order chi connectivity index (χ1) is 9.79. The molecule has 1 N–H and O–H groups in total. The van der Waals surface area contributed by atoms with Crippen LogP contribution in [0.25, 0.3) is 11.0 Å². The first-order valence-corrected chi connectivity index (χ1v) is 6.77. The van der Waals surface area contributed by atoms with E-state index in [0.29, 0.717) is 0 Å². The van der Waals surface area contributed by atoms with Crippen LogP contribution >= 0.6 is 0 Å². The summed E-state index contributed by atoms with van der Waals surface area (Å²) in [5.41, 5.74) is 3.10.